The van der Waals surface area contributed by atoms with Crippen molar-refractivity contribution in [1.29, 1.82) is 0 Å². The summed E-state index contributed by atoms with van der Waals surface area (Å²) >= 11 is 3.12. The molecule has 3 N–H and O–H groups in total. The van der Waals surface area contributed by atoms with E-state index in [-0.39, 0.29) is 17.5 Å². The number of rotatable bonds is 2. The van der Waals surface area contributed by atoms with Crippen LogP contribution in [0.15, 0.2) is 28.9 Å². The smallest absolute Gasteiger partial charge is 0.230 e. The Hall–Kier alpha value is -1.76. The summed E-state index contributed by atoms with van der Waals surface area (Å²) in [5.74, 6) is -1.64. The molecular weight excluding hydrogens is 294 g/mol. The van der Waals surface area contributed by atoms with E-state index in [0.29, 0.717) is 4.60 Å². The van der Waals surface area contributed by atoms with Crippen molar-refractivity contribution < 1.29 is 8.78 Å². The summed E-state index contributed by atoms with van der Waals surface area (Å²) in [4.78, 5) is 7.76. The van der Waals surface area contributed by atoms with Gasteiger partial charge in [-0.1, -0.05) is 6.07 Å². The third kappa shape index (κ3) is 2.68. The maximum atomic E-state index is 13.4. The first-order valence-corrected chi connectivity index (χ1v) is 5.36. The Bertz CT molecular complexity index is 542. The summed E-state index contributed by atoms with van der Waals surface area (Å²) in [7, 11) is 0. The molecule has 2 rings (SSSR count). The Morgan fingerprint density at radius 3 is 2.71 bits per heavy atom. The molecule has 0 bridgehead atoms. The fourth-order valence-corrected chi connectivity index (χ4v) is 1.61. The molecule has 1 heterocycles. The molecular formula is C10H7BrF2N4. The average molecular weight is 301 g/mol. The highest BCUT2D eigenvalue weighted by atomic mass is 79.9. The molecule has 1 aromatic carbocycles. The molecule has 1 aromatic heterocycles. The van der Waals surface area contributed by atoms with Gasteiger partial charge in [-0.05, 0) is 28.1 Å². The number of hydrogen-bond donors (Lipinski definition) is 2. The van der Waals surface area contributed by atoms with Crippen LogP contribution in [-0.4, -0.2) is 9.97 Å². The maximum absolute atomic E-state index is 13.4. The van der Waals surface area contributed by atoms with Crippen LogP contribution < -0.4 is 11.1 Å². The Labute approximate surface area is 104 Å². The van der Waals surface area contributed by atoms with Crippen molar-refractivity contribution in [2.24, 2.45) is 0 Å². The maximum Gasteiger partial charge on any atom is 0.230 e. The van der Waals surface area contributed by atoms with Crippen molar-refractivity contribution in [3.05, 3.63) is 40.5 Å². The van der Waals surface area contributed by atoms with Gasteiger partial charge in [0.1, 0.15) is 10.4 Å². The molecule has 7 heteroatoms. The summed E-state index contributed by atoms with van der Waals surface area (Å²) in [6.45, 7) is 0. The number of nitrogens with one attached hydrogen (secondary N) is 1. The van der Waals surface area contributed by atoms with E-state index in [2.05, 4.69) is 31.2 Å². The summed E-state index contributed by atoms with van der Waals surface area (Å²) < 4.78 is 26.8. The first-order chi connectivity index (χ1) is 8.06. The minimum Gasteiger partial charge on any atom is -0.383 e. The number of anilines is 3. The van der Waals surface area contributed by atoms with Gasteiger partial charge < -0.3 is 11.1 Å². The van der Waals surface area contributed by atoms with Crippen LogP contribution in [0.3, 0.4) is 0 Å². The monoisotopic (exact) mass is 300 g/mol. The van der Waals surface area contributed by atoms with Gasteiger partial charge in [0.05, 0.1) is 5.69 Å². The molecule has 0 fully saturated rings. The lowest BCUT2D eigenvalue weighted by Crippen LogP contribution is -2.02. The van der Waals surface area contributed by atoms with Gasteiger partial charge in [-0.25, -0.2) is 13.8 Å². The normalized spacial score (nSPS) is 10.3. The molecule has 17 heavy (non-hydrogen) atoms. The summed E-state index contributed by atoms with van der Waals surface area (Å²) in [5.41, 5.74) is 5.44. The van der Waals surface area contributed by atoms with Crippen LogP contribution in [0.1, 0.15) is 0 Å². The Balaban J connectivity index is 2.34. The lowest BCUT2D eigenvalue weighted by molar-refractivity contribution is 0.511. The van der Waals surface area contributed by atoms with E-state index in [4.69, 9.17) is 5.73 Å². The summed E-state index contributed by atoms with van der Waals surface area (Å²) in [6, 6.07) is 5.27. The van der Waals surface area contributed by atoms with Crippen LogP contribution in [-0.2, 0) is 0 Å². The molecule has 0 spiro atoms. The van der Waals surface area contributed by atoms with Crippen molar-refractivity contribution in [2.45, 2.75) is 0 Å². The molecule has 0 saturated heterocycles. The van der Waals surface area contributed by atoms with Gasteiger partial charge in [0, 0.05) is 6.07 Å². The third-order valence-corrected chi connectivity index (χ3v) is 2.32. The van der Waals surface area contributed by atoms with E-state index in [9.17, 15) is 8.78 Å². The molecule has 88 valence electrons. The predicted molar refractivity (Wildman–Crippen MR) is 63.8 cm³/mol. The second-order valence-electron chi connectivity index (χ2n) is 3.17. The molecule has 2 aromatic rings. The molecule has 0 aliphatic rings. The fraction of sp³-hybridized carbons (Fsp3) is 0. The van der Waals surface area contributed by atoms with Gasteiger partial charge in [-0.3, -0.25) is 0 Å². The molecule has 0 unspecified atom stereocenters. The zero-order chi connectivity index (χ0) is 12.4. The van der Waals surface area contributed by atoms with Gasteiger partial charge in [0.25, 0.3) is 0 Å². The Morgan fingerprint density at radius 1 is 1.24 bits per heavy atom. The molecule has 0 radical (unpaired) electrons. The summed E-state index contributed by atoms with van der Waals surface area (Å²) in [5, 5.41) is 2.55. The zero-order valence-electron chi connectivity index (χ0n) is 8.42. The fourth-order valence-electron chi connectivity index (χ4n) is 1.21. The number of hydrogen-bond acceptors (Lipinski definition) is 4. The van der Waals surface area contributed by atoms with Gasteiger partial charge in [-0.15, -0.1) is 0 Å². The zero-order valence-corrected chi connectivity index (χ0v) is 10.0. The average Bonchev–Trinajstić information content (AvgIpc) is 2.23. The second-order valence-corrected chi connectivity index (χ2v) is 3.98. The largest absolute Gasteiger partial charge is 0.383 e. The second kappa shape index (κ2) is 4.62. The van der Waals surface area contributed by atoms with Crippen molar-refractivity contribution >= 4 is 33.4 Å². The molecule has 0 atom stereocenters. The molecule has 0 aliphatic carbocycles. The van der Waals surface area contributed by atoms with Gasteiger partial charge in [0.2, 0.25) is 5.95 Å². The van der Waals surface area contributed by atoms with Gasteiger partial charge in [-0.2, -0.15) is 4.98 Å². The van der Waals surface area contributed by atoms with Crippen molar-refractivity contribution in [1.82, 2.24) is 9.97 Å². The van der Waals surface area contributed by atoms with E-state index in [1.165, 1.54) is 18.2 Å². The molecule has 0 aliphatic heterocycles. The number of benzene rings is 1. The van der Waals surface area contributed by atoms with Crippen LogP contribution in [0, 0.1) is 11.6 Å². The number of nitrogens with two attached hydrogens (primary N) is 1. The minimum atomic E-state index is -0.991. The van der Waals surface area contributed by atoms with Crippen molar-refractivity contribution in [3.63, 3.8) is 0 Å². The topological polar surface area (TPSA) is 63.8 Å². The van der Waals surface area contributed by atoms with Crippen molar-refractivity contribution in [2.75, 3.05) is 11.1 Å². The number of halogens is 3. The van der Waals surface area contributed by atoms with Crippen LogP contribution in [0.25, 0.3) is 0 Å². The lowest BCUT2D eigenvalue weighted by atomic mass is 10.3. The van der Waals surface area contributed by atoms with E-state index < -0.39 is 11.6 Å². The number of nitrogens with zero attached hydrogens (tertiary/aromatic N) is 2. The predicted octanol–water partition coefficient (Wildman–Crippen LogP) is 2.84. The number of aromatic nitrogens is 2. The lowest BCUT2D eigenvalue weighted by Gasteiger charge is -2.07. The van der Waals surface area contributed by atoms with E-state index in [1.807, 2.05) is 0 Å². The molecule has 4 nitrogen and oxygen atoms in total. The van der Waals surface area contributed by atoms with Crippen LogP contribution >= 0.6 is 15.9 Å². The van der Waals surface area contributed by atoms with E-state index in [1.54, 1.807) is 0 Å². The standard InChI is InChI=1S/C10H7BrF2N4/c11-7-4-8(14)17-10(16-7)15-6-3-1-2-5(12)9(6)13/h1-4H,(H3,14,15,16,17). The quantitative estimate of drug-likeness (QED) is 0.837. The number of nitrogen functional groups attached to an aromatic ring is 1. The Morgan fingerprint density at radius 2 is 2.00 bits per heavy atom. The third-order valence-electron chi connectivity index (χ3n) is 1.91. The van der Waals surface area contributed by atoms with Crippen LogP contribution in [0.4, 0.5) is 26.2 Å². The van der Waals surface area contributed by atoms with Gasteiger partial charge in [0.15, 0.2) is 11.6 Å². The van der Waals surface area contributed by atoms with Crippen LogP contribution in [0.5, 0.6) is 0 Å². The van der Waals surface area contributed by atoms with Crippen molar-refractivity contribution in [3.8, 4) is 0 Å². The SMILES string of the molecule is Nc1cc(Br)nc(Nc2cccc(F)c2F)n1. The first-order valence-electron chi connectivity index (χ1n) is 4.57. The Kier molecular flexibility index (Phi) is 3.19. The highest BCUT2D eigenvalue weighted by Gasteiger charge is 2.09. The molecule has 0 saturated carbocycles. The minimum absolute atomic E-state index is 0.0532. The highest BCUT2D eigenvalue weighted by molar-refractivity contribution is 9.10. The van der Waals surface area contributed by atoms with Crippen LogP contribution in [0.2, 0.25) is 0 Å². The summed E-state index contributed by atoms with van der Waals surface area (Å²) in [6.07, 6.45) is 0. The van der Waals surface area contributed by atoms with E-state index in [0.717, 1.165) is 6.07 Å². The molecule has 0 amide bonds. The highest BCUT2D eigenvalue weighted by Crippen LogP contribution is 2.21. The van der Waals surface area contributed by atoms with Gasteiger partial charge >= 0.3 is 0 Å². The van der Waals surface area contributed by atoms with E-state index >= 15 is 0 Å². The first kappa shape index (κ1) is 11.7.